The van der Waals surface area contributed by atoms with Crippen LogP contribution < -0.4 is 0 Å². The Kier molecular flexibility index (Phi) is 5.45. The van der Waals surface area contributed by atoms with Crippen molar-refractivity contribution in [2.75, 3.05) is 39.8 Å². The molecule has 6 heteroatoms. The Balaban J connectivity index is 1.82. The third-order valence-electron chi connectivity index (χ3n) is 4.64. The van der Waals surface area contributed by atoms with E-state index in [1.807, 2.05) is 4.90 Å². The standard InChI is InChI=1S/C15H27N3O3/c1-12(14(19)20)10-16(2)15(21)18-9-6-13(11-18)17-7-4-3-5-8-17/h12-13H,3-11H2,1-2H3,(H,19,20). The van der Waals surface area contributed by atoms with E-state index in [1.54, 1.807) is 14.0 Å². The van der Waals surface area contributed by atoms with Crippen molar-refractivity contribution in [3.63, 3.8) is 0 Å². The van der Waals surface area contributed by atoms with Crippen LogP contribution in [0.5, 0.6) is 0 Å². The van der Waals surface area contributed by atoms with E-state index in [4.69, 9.17) is 5.11 Å². The number of urea groups is 1. The summed E-state index contributed by atoms with van der Waals surface area (Å²) < 4.78 is 0. The molecule has 2 aliphatic rings. The highest BCUT2D eigenvalue weighted by Gasteiger charge is 2.32. The maximum atomic E-state index is 12.4. The molecule has 2 saturated heterocycles. The van der Waals surface area contributed by atoms with Gasteiger partial charge in [-0.2, -0.15) is 0 Å². The molecule has 0 spiro atoms. The zero-order valence-corrected chi connectivity index (χ0v) is 13.1. The number of rotatable bonds is 4. The van der Waals surface area contributed by atoms with Crippen molar-refractivity contribution in [3.05, 3.63) is 0 Å². The summed E-state index contributed by atoms with van der Waals surface area (Å²) >= 11 is 0. The molecule has 1 N–H and O–H groups in total. The van der Waals surface area contributed by atoms with Crippen LogP contribution in [0.3, 0.4) is 0 Å². The van der Waals surface area contributed by atoms with Gasteiger partial charge in [0.15, 0.2) is 0 Å². The Morgan fingerprint density at radius 3 is 2.52 bits per heavy atom. The number of nitrogens with zero attached hydrogens (tertiary/aromatic N) is 3. The quantitative estimate of drug-likeness (QED) is 0.850. The molecule has 0 radical (unpaired) electrons. The third kappa shape index (κ3) is 4.09. The van der Waals surface area contributed by atoms with Crippen LogP contribution in [0, 0.1) is 5.92 Å². The van der Waals surface area contributed by atoms with Crippen molar-refractivity contribution in [1.29, 1.82) is 0 Å². The van der Waals surface area contributed by atoms with E-state index < -0.39 is 11.9 Å². The molecule has 21 heavy (non-hydrogen) atoms. The van der Waals surface area contributed by atoms with Crippen molar-refractivity contribution in [2.45, 2.75) is 38.6 Å². The van der Waals surface area contributed by atoms with Crippen LogP contribution in [0.15, 0.2) is 0 Å². The van der Waals surface area contributed by atoms with Crippen LogP contribution in [-0.2, 0) is 4.79 Å². The lowest BCUT2D eigenvalue weighted by atomic mass is 10.1. The number of carbonyl (C=O) groups excluding carboxylic acids is 1. The van der Waals surface area contributed by atoms with Gasteiger partial charge in [0.1, 0.15) is 0 Å². The predicted molar refractivity (Wildman–Crippen MR) is 80.2 cm³/mol. The minimum absolute atomic E-state index is 0.0393. The Labute approximate surface area is 126 Å². The lowest BCUT2D eigenvalue weighted by Crippen LogP contribution is -2.45. The predicted octanol–water partition coefficient (Wildman–Crippen LogP) is 1.32. The van der Waals surface area contributed by atoms with Gasteiger partial charge in [-0.05, 0) is 32.4 Å². The molecule has 0 aliphatic carbocycles. The molecule has 2 rings (SSSR count). The molecule has 2 unspecified atom stereocenters. The fourth-order valence-electron chi connectivity index (χ4n) is 3.31. The second-order valence-electron chi connectivity index (χ2n) is 6.39. The molecular formula is C15H27N3O3. The van der Waals surface area contributed by atoms with Gasteiger partial charge in [-0.25, -0.2) is 4.79 Å². The van der Waals surface area contributed by atoms with Crippen LogP contribution in [0.25, 0.3) is 0 Å². The average Bonchev–Trinajstić information content (AvgIpc) is 2.96. The summed E-state index contributed by atoms with van der Waals surface area (Å²) in [7, 11) is 1.69. The molecule has 0 saturated carbocycles. The molecule has 2 amide bonds. The number of piperidine rings is 1. The van der Waals surface area contributed by atoms with Crippen molar-refractivity contribution in [1.82, 2.24) is 14.7 Å². The molecular weight excluding hydrogens is 270 g/mol. The highest BCUT2D eigenvalue weighted by atomic mass is 16.4. The van der Waals surface area contributed by atoms with Gasteiger partial charge in [0, 0.05) is 32.7 Å². The molecule has 0 aromatic rings. The first kappa shape index (κ1) is 16.1. The Hall–Kier alpha value is -1.30. The number of likely N-dealkylation sites (tertiary alicyclic amines) is 2. The van der Waals surface area contributed by atoms with E-state index in [1.165, 1.54) is 24.2 Å². The van der Waals surface area contributed by atoms with Gasteiger partial charge < -0.3 is 14.9 Å². The lowest BCUT2D eigenvalue weighted by Gasteiger charge is -2.32. The molecule has 2 aliphatic heterocycles. The molecule has 2 atom stereocenters. The van der Waals surface area contributed by atoms with E-state index in [0.29, 0.717) is 6.04 Å². The van der Waals surface area contributed by atoms with Gasteiger partial charge >= 0.3 is 12.0 Å². The van der Waals surface area contributed by atoms with Crippen LogP contribution in [0.4, 0.5) is 4.79 Å². The maximum absolute atomic E-state index is 12.4. The van der Waals surface area contributed by atoms with Crippen molar-refractivity contribution in [2.24, 2.45) is 5.92 Å². The van der Waals surface area contributed by atoms with E-state index in [9.17, 15) is 9.59 Å². The minimum atomic E-state index is -0.859. The van der Waals surface area contributed by atoms with Gasteiger partial charge in [0.25, 0.3) is 0 Å². The van der Waals surface area contributed by atoms with Crippen molar-refractivity contribution < 1.29 is 14.7 Å². The fraction of sp³-hybridized carbons (Fsp3) is 0.867. The fourth-order valence-corrected chi connectivity index (χ4v) is 3.31. The molecule has 2 fully saturated rings. The molecule has 2 heterocycles. The summed E-state index contributed by atoms with van der Waals surface area (Å²) in [6.45, 7) is 5.76. The summed E-state index contributed by atoms with van der Waals surface area (Å²) in [4.78, 5) is 29.2. The van der Waals surface area contributed by atoms with E-state index in [0.717, 1.165) is 32.6 Å². The highest BCUT2D eigenvalue weighted by molar-refractivity contribution is 5.76. The van der Waals surface area contributed by atoms with Crippen LogP contribution in [0.1, 0.15) is 32.6 Å². The first-order chi connectivity index (χ1) is 9.99. The summed E-state index contributed by atoms with van der Waals surface area (Å²) in [5.74, 6) is -1.39. The molecule has 0 bridgehead atoms. The van der Waals surface area contributed by atoms with E-state index in [-0.39, 0.29) is 12.6 Å². The summed E-state index contributed by atoms with van der Waals surface area (Å²) in [5.41, 5.74) is 0. The normalized spacial score (nSPS) is 24.9. The lowest BCUT2D eigenvalue weighted by molar-refractivity contribution is -0.141. The second-order valence-corrected chi connectivity index (χ2v) is 6.39. The Morgan fingerprint density at radius 1 is 1.24 bits per heavy atom. The van der Waals surface area contributed by atoms with Crippen LogP contribution >= 0.6 is 0 Å². The van der Waals surface area contributed by atoms with Crippen molar-refractivity contribution >= 4 is 12.0 Å². The number of amides is 2. The average molecular weight is 297 g/mol. The second kappa shape index (κ2) is 7.11. The minimum Gasteiger partial charge on any atom is -0.481 e. The maximum Gasteiger partial charge on any atom is 0.319 e. The monoisotopic (exact) mass is 297 g/mol. The topological polar surface area (TPSA) is 64.1 Å². The number of hydrogen-bond donors (Lipinski definition) is 1. The number of hydrogen-bond acceptors (Lipinski definition) is 3. The smallest absolute Gasteiger partial charge is 0.319 e. The van der Waals surface area contributed by atoms with Crippen molar-refractivity contribution in [3.8, 4) is 0 Å². The summed E-state index contributed by atoms with van der Waals surface area (Å²) in [6, 6.07) is 0.446. The molecule has 0 aromatic carbocycles. The molecule has 0 aromatic heterocycles. The highest BCUT2D eigenvalue weighted by Crippen LogP contribution is 2.21. The SMILES string of the molecule is CC(CN(C)C(=O)N1CCC(N2CCCCC2)C1)C(=O)O. The Bertz CT molecular complexity index is 382. The van der Waals surface area contributed by atoms with Crippen LogP contribution in [-0.4, -0.2) is 77.6 Å². The first-order valence-corrected chi connectivity index (χ1v) is 7.96. The van der Waals surface area contributed by atoms with E-state index >= 15 is 0 Å². The first-order valence-electron chi connectivity index (χ1n) is 7.96. The molecule has 120 valence electrons. The van der Waals surface area contributed by atoms with Gasteiger partial charge in [0.05, 0.1) is 5.92 Å². The largest absolute Gasteiger partial charge is 0.481 e. The van der Waals surface area contributed by atoms with Gasteiger partial charge in [-0.3, -0.25) is 9.69 Å². The zero-order valence-electron chi connectivity index (χ0n) is 13.1. The van der Waals surface area contributed by atoms with Gasteiger partial charge in [-0.15, -0.1) is 0 Å². The Morgan fingerprint density at radius 2 is 1.90 bits per heavy atom. The number of carbonyl (C=O) groups is 2. The number of carboxylic acids is 1. The summed E-state index contributed by atoms with van der Waals surface area (Å²) in [5, 5.41) is 8.93. The zero-order chi connectivity index (χ0) is 15.4. The van der Waals surface area contributed by atoms with Gasteiger partial charge in [0.2, 0.25) is 0 Å². The number of carboxylic acid groups (broad SMARTS) is 1. The van der Waals surface area contributed by atoms with Gasteiger partial charge in [-0.1, -0.05) is 13.3 Å². The van der Waals surface area contributed by atoms with E-state index in [2.05, 4.69) is 4.90 Å². The third-order valence-corrected chi connectivity index (χ3v) is 4.64. The number of aliphatic carboxylic acids is 1. The van der Waals surface area contributed by atoms with Crippen LogP contribution in [0.2, 0.25) is 0 Å². The summed E-state index contributed by atoms with van der Waals surface area (Å²) in [6.07, 6.45) is 4.89. The molecule has 6 nitrogen and oxygen atoms in total.